The van der Waals surface area contributed by atoms with Gasteiger partial charge in [0, 0.05) is 24.1 Å². The van der Waals surface area contributed by atoms with Gasteiger partial charge in [0.2, 0.25) is 0 Å². The number of carbonyl (C=O) groups excluding carboxylic acids is 3. The minimum absolute atomic E-state index is 0.110. The Balaban J connectivity index is 1.81. The Morgan fingerprint density at radius 2 is 1.68 bits per heavy atom. The molecule has 8 heteroatoms. The van der Waals surface area contributed by atoms with Crippen molar-refractivity contribution in [3.8, 4) is 5.75 Å². The highest BCUT2D eigenvalue weighted by molar-refractivity contribution is 8.01. The second-order valence-corrected chi connectivity index (χ2v) is 12.7. The lowest BCUT2D eigenvalue weighted by molar-refractivity contribution is -0.143. The maximum absolute atomic E-state index is 14.1. The lowest BCUT2D eigenvalue weighted by atomic mass is 9.82. The van der Waals surface area contributed by atoms with E-state index in [1.165, 1.54) is 11.8 Å². The van der Waals surface area contributed by atoms with Gasteiger partial charge in [-0.25, -0.2) is 0 Å². The van der Waals surface area contributed by atoms with Gasteiger partial charge in [0.15, 0.2) is 0 Å². The van der Waals surface area contributed by atoms with Gasteiger partial charge in [-0.1, -0.05) is 57.7 Å². The van der Waals surface area contributed by atoms with Crippen molar-refractivity contribution in [2.24, 2.45) is 5.92 Å². The number of rotatable bonds is 16. The van der Waals surface area contributed by atoms with E-state index < -0.39 is 22.4 Å². The van der Waals surface area contributed by atoms with Gasteiger partial charge in [0.1, 0.15) is 16.3 Å². The molecule has 0 aromatic heterocycles. The first-order chi connectivity index (χ1) is 19.6. The van der Waals surface area contributed by atoms with Crippen molar-refractivity contribution in [3.63, 3.8) is 0 Å². The number of aliphatic hydroxyl groups excluding tert-OH is 1. The highest BCUT2D eigenvalue weighted by atomic mass is 32.2. The molecule has 2 aromatic rings. The van der Waals surface area contributed by atoms with E-state index in [9.17, 15) is 24.6 Å². The van der Waals surface area contributed by atoms with E-state index in [0.29, 0.717) is 35.6 Å². The summed E-state index contributed by atoms with van der Waals surface area (Å²) in [6.45, 7) is 5.64. The van der Waals surface area contributed by atoms with Crippen LogP contribution in [0.1, 0.15) is 95.3 Å². The standard InChI is InChI=1S/C33H45NO6S/c1-4-6-20-32(3,39)21-22-41-33(25-14-10-11-15-25,29(36)23-27(35)5-2)31(38)40-28-18-16-26(17-19-28)34-30(37)24-12-8-7-9-13-24/h7-9,12-13,16-19,25,29,36,39H,4-6,10-11,14-15,20-23H2,1-3H3,(H,34,37). The minimum Gasteiger partial charge on any atom is -0.425 e. The third-order valence-corrected chi connectivity index (χ3v) is 9.66. The number of hydrogen-bond donors (Lipinski definition) is 3. The Hall–Kier alpha value is -2.68. The number of carbonyl (C=O) groups is 3. The van der Waals surface area contributed by atoms with Gasteiger partial charge in [-0.3, -0.25) is 14.4 Å². The maximum atomic E-state index is 14.1. The largest absolute Gasteiger partial charge is 0.425 e. The predicted octanol–water partition coefficient (Wildman–Crippen LogP) is 6.57. The van der Waals surface area contributed by atoms with Crippen LogP contribution in [0.3, 0.4) is 0 Å². The van der Waals surface area contributed by atoms with Crippen molar-refractivity contribution in [2.75, 3.05) is 11.1 Å². The van der Waals surface area contributed by atoms with Crippen molar-refractivity contribution in [1.29, 1.82) is 0 Å². The molecule has 0 aliphatic heterocycles. The van der Waals surface area contributed by atoms with Crippen molar-refractivity contribution in [3.05, 3.63) is 60.2 Å². The molecule has 1 amide bonds. The third kappa shape index (κ3) is 9.15. The Morgan fingerprint density at radius 1 is 1.02 bits per heavy atom. The summed E-state index contributed by atoms with van der Waals surface area (Å²) in [5, 5.41) is 25.3. The third-order valence-electron chi connectivity index (χ3n) is 8.00. The molecule has 0 spiro atoms. The number of ketones is 1. The van der Waals surface area contributed by atoms with Crippen LogP contribution in [0.15, 0.2) is 54.6 Å². The zero-order valence-electron chi connectivity index (χ0n) is 24.6. The van der Waals surface area contributed by atoms with Crippen LogP contribution >= 0.6 is 11.8 Å². The molecule has 3 atom stereocenters. The van der Waals surface area contributed by atoms with Crippen molar-refractivity contribution < 1.29 is 29.3 Å². The minimum atomic E-state index is -1.33. The second-order valence-electron chi connectivity index (χ2n) is 11.3. The number of ether oxygens (including phenoxy) is 1. The maximum Gasteiger partial charge on any atom is 0.330 e. The summed E-state index contributed by atoms with van der Waals surface area (Å²) < 4.78 is 4.58. The number of aliphatic hydroxyl groups is 2. The SMILES string of the molecule is CCCCC(C)(O)CCSC(C(=O)Oc1ccc(NC(=O)c2ccccc2)cc1)(C(O)CC(=O)CC)C1CCCC1. The molecule has 224 valence electrons. The van der Waals surface area contributed by atoms with E-state index in [1.807, 2.05) is 13.0 Å². The molecule has 3 unspecified atom stereocenters. The van der Waals surface area contributed by atoms with E-state index in [1.54, 1.807) is 55.5 Å². The molecule has 3 N–H and O–H groups in total. The molecule has 0 bridgehead atoms. The van der Waals surface area contributed by atoms with Crippen molar-refractivity contribution in [2.45, 2.75) is 101 Å². The van der Waals surface area contributed by atoms with Gasteiger partial charge in [-0.05, 0) is 80.7 Å². The summed E-state index contributed by atoms with van der Waals surface area (Å²) >= 11 is 1.33. The Morgan fingerprint density at radius 3 is 2.29 bits per heavy atom. The quantitative estimate of drug-likeness (QED) is 0.151. The lowest BCUT2D eigenvalue weighted by Gasteiger charge is -2.40. The number of unbranched alkanes of at least 4 members (excludes halogenated alkanes) is 1. The molecule has 41 heavy (non-hydrogen) atoms. The van der Waals surface area contributed by atoms with E-state index in [-0.39, 0.29) is 30.4 Å². The lowest BCUT2D eigenvalue weighted by Crippen LogP contribution is -2.55. The van der Waals surface area contributed by atoms with Crippen LogP contribution in [-0.2, 0) is 9.59 Å². The number of nitrogens with one attached hydrogen (secondary N) is 1. The van der Waals surface area contributed by atoms with Gasteiger partial charge in [-0.2, -0.15) is 0 Å². The Labute approximate surface area is 248 Å². The first-order valence-electron chi connectivity index (χ1n) is 14.9. The Kier molecular flexibility index (Phi) is 12.4. The number of Topliss-reactive ketones (excluding diaryl/α,β-unsaturated/α-hetero) is 1. The van der Waals surface area contributed by atoms with Crippen LogP contribution in [0.2, 0.25) is 0 Å². The van der Waals surface area contributed by atoms with E-state index in [4.69, 9.17) is 4.74 Å². The van der Waals surface area contributed by atoms with Crippen molar-refractivity contribution >= 4 is 35.1 Å². The van der Waals surface area contributed by atoms with Crippen LogP contribution < -0.4 is 10.1 Å². The van der Waals surface area contributed by atoms with Crippen LogP contribution in [0.5, 0.6) is 5.75 Å². The highest BCUT2D eigenvalue weighted by Gasteiger charge is 2.54. The number of amides is 1. The monoisotopic (exact) mass is 583 g/mol. The fraction of sp³-hybridized carbons (Fsp3) is 0.545. The summed E-state index contributed by atoms with van der Waals surface area (Å²) in [7, 11) is 0. The first kappa shape index (κ1) is 32.8. The summed E-state index contributed by atoms with van der Waals surface area (Å²) in [6, 6.07) is 15.4. The molecule has 1 aliphatic carbocycles. The average Bonchev–Trinajstić information content (AvgIpc) is 3.51. The first-order valence-corrected chi connectivity index (χ1v) is 15.8. The smallest absolute Gasteiger partial charge is 0.330 e. The Bertz CT molecular complexity index is 1130. The second kappa shape index (κ2) is 15.5. The van der Waals surface area contributed by atoms with Crippen molar-refractivity contribution in [1.82, 2.24) is 0 Å². The summed E-state index contributed by atoms with van der Waals surface area (Å²) in [5.41, 5.74) is 0.210. The highest BCUT2D eigenvalue weighted by Crippen LogP contribution is 2.47. The molecule has 2 aromatic carbocycles. The number of hydrogen-bond acceptors (Lipinski definition) is 7. The predicted molar refractivity (Wildman–Crippen MR) is 164 cm³/mol. The van der Waals surface area contributed by atoms with Crippen LogP contribution in [0.4, 0.5) is 5.69 Å². The molecular weight excluding hydrogens is 538 g/mol. The molecule has 1 saturated carbocycles. The van der Waals surface area contributed by atoms with E-state index >= 15 is 0 Å². The van der Waals surface area contributed by atoms with Gasteiger partial charge in [0.05, 0.1) is 11.7 Å². The molecular formula is C33H45NO6S. The van der Waals surface area contributed by atoms with E-state index in [2.05, 4.69) is 12.2 Å². The zero-order chi connectivity index (χ0) is 29.9. The van der Waals surface area contributed by atoms with Crippen LogP contribution in [0.25, 0.3) is 0 Å². The number of benzene rings is 2. The van der Waals surface area contributed by atoms with Gasteiger partial charge in [0.25, 0.3) is 5.91 Å². The van der Waals surface area contributed by atoms with E-state index in [0.717, 1.165) is 38.5 Å². The fourth-order valence-electron chi connectivity index (χ4n) is 5.42. The van der Waals surface area contributed by atoms with Gasteiger partial charge < -0.3 is 20.3 Å². The zero-order valence-corrected chi connectivity index (χ0v) is 25.4. The molecule has 3 rings (SSSR count). The molecule has 1 fully saturated rings. The average molecular weight is 584 g/mol. The molecule has 0 heterocycles. The summed E-state index contributed by atoms with van der Waals surface area (Å²) in [6.07, 6.45) is 5.37. The number of thioether (sulfide) groups is 1. The molecule has 7 nitrogen and oxygen atoms in total. The van der Waals surface area contributed by atoms with Gasteiger partial charge >= 0.3 is 5.97 Å². The number of anilines is 1. The van der Waals surface area contributed by atoms with Crippen LogP contribution in [-0.4, -0.2) is 50.1 Å². The summed E-state index contributed by atoms with van der Waals surface area (Å²) in [4.78, 5) is 39.0. The number of esters is 1. The van der Waals surface area contributed by atoms with Crippen LogP contribution in [0, 0.1) is 5.92 Å². The topological polar surface area (TPSA) is 113 Å². The molecule has 0 saturated heterocycles. The molecule has 1 aliphatic rings. The molecule has 0 radical (unpaired) electrons. The summed E-state index contributed by atoms with van der Waals surface area (Å²) in [5.74, 6) is -0.332. The van der Waals surface area contributed by atoms with Gasteiger partial charge in [-0.15, -0.1) is 11.8 Å². The fourth-order valence-corrected chi connectivity index (χ4v) is 7.21. The normalized spacial score (nSPS) is 17.3.